The molecule has 1 aliphatic rings. The quantitative estimate of drug-likeness (QED) is 0.674. The van der Waals surface area contributed by atoms with Crippen molar-refractivity contribution in [1.82, 2.24) is 0 Å². The number of para-hydroxylation sites is 1. The molecular formula is C21H21NO6S. The van der Waals surface area contributed by atoms with Crippen LogP contribution in [-0.4, -0.2) is 45.8 Å². The van der Waals surface area contributed by atoms with Crippen molar-refractivity contribution in [3.8, 4) is 5.75 Å². The van der Waals surface area contributed by atoms with Gasteiger partial charge < -0.3 is 14.4 Å². The van der Waals surface area contributed by atoms with E-state index in [1.807, 2.05) is 6.92 Å². The van der Waals surface area contributed by atoms with Gasteiger partial charge in [0.1, 0.15) is 5.75 Å². The molecule has 0 aromatic heterocycles. The molecule has 1 amide bonds. The van der Waals surface area contributed by atoms with Crippen LogP contribution in [0, 0.1) is 6.92 Å². The second-order valence-electron chi connectivity index (χ2n) is 6.59. The zero-order chi connectivity index (χ0) is 21.0. The molecule has 0 radical (unpaired) electrons. The van der Waals surface area contributed by atoms with Crippen LogP contribution in [0.3, 0.4) is 0 Å². The Morgan fingerprint density at radius 1 is 1.14 bits per heavy atom. The fourth-order valence-corrected chi connectivity index (χ4v) is 4.32. The van der Waals surface area contributed by atoms with Crippen molar-refractivity contribution < 1.29 is 27.5 Å². The van der Waals surface area contributed by atoms with Gasteiger partial charge in [0.15, 0.2) is 16.4 Å². The van der Waals surface area contributed by atoms with Crippen LogP contribution in [0.1, 0.15) is 15.9 Å². The van der Waals surface area contributed by atoms with Crippen molar-refractivity contribution >= 4 is 27.4 Å². The van der Waals surface area contributed by atoms with Gasteiger partial charge in [0.05, 0.1) is 24.5 Å². The normalized spacial score (nSPS) is 17.0. The molecule has 1 atom stereocenters. The second-order valence-corrected chi connectivity index (χ2v) is 8.52. The molecule has 0 saturated heterocycles. The van der Waals surface area contributed by atoms with Gasteiger partial charge in [0.2, 0.25) is 0 Å². The number of ether oxygens (including phenoxy) is 2. The third-order valence-corrected chi connectivity index (χ3v) is 5.89. The Bertz CT molecular complexity index is 1050. The van der Waals surface area contributed by atoms with Crippen molar-refractivity contribution in [3.05, 3.63) is 71.1 Å². The third-order valence-electron chi connectivity index (χ3n) is 4.52. The smallest absolute Gasteiger partial charge is 0.338 e. The summed E-state index contributed by atoms with van der Waals surface area (Å²) >= 11 is 0. The number of hydrogen-bond acceptors (Lipinski definition) is 6. The molecule has 2 aromatic carbocycles. The molecule has 8 heteroatoms. The summed E-state index contributed by atoms with van der Waals surface area (Å²) in [6, 6.07) is 12.9. The van der Waals surface area contributed by atoms with Gasteiger partial charge in [-0.15, -0.1) is 0 Å². The summed E-state index contributed by atoms with van der Waals surface area (Å²) in [4.78, 5) is 26.5. The molecule has 0 aliphatic carbocycles. The van der Waals surface area contributed by atoms with E-state index in [2.05, 4.69) is 0 Å². The molecular weight excluding hydrogens is 394 g/mol. The van der Waals surface area contributed by atoms with Gasteiger partial charge in [0, 0.05) is 11.1 Å². The Morgan fingerprint density at radius 3 is 2.48 bits per heavy atom. The maximum Gasteiger partial charge on any atom is 0.338 e. The highest BCUT2D eigenvalue weighted by Crippen LogP contribution is 2.23. The van der Waals surface area contributed by atoms with Crippen LogP contribution >= 0.6 is 0 Å². The van der Waals surface area contributed by atoms with Crippen LogP contribution < -0.4 is 9.64 Å². The number of sulfone groups is 1. The lowest BCUT2D eigenvalue weighted by Gasteiger charge is -2.27. The van der Waals surface area contributed by atoms with E-state index in [1.54, 1.807) is 48.5 Å². The van der Waals surface area contributed by atoms with E-state index in [1.165, 1.54) is 18.1 Å². The number of carbonyl (C=O) groups excluding carboxylic acids is 2. The first-order valence-corrected chi connectivity index (χ1v) is 10.6. The van der Waals surface area contributed by atoms with Crippen LogP contribution in [0.2, 0.25) is 0 Å². The summed E-state index contributed by atoms with van der Waals surface area (Å²) in [5.74, 6) is -0.857. The number of anilines is 1. The molecule has 3 rings (SSSR count). The summed E-state index contributed by atoms with van der Waals surface area (Å²) in [7, 11) is -1.86. The van der Waals surface area contributed by atoms with Gasteiger partial charge in [-0.1, -0.05) is 24.3 Å². The maximum absolute atomic E-state index is 12.9. The van der Waals surface area contributed by atoms with Crippen LogP contribution in [-0.2, 0) is 19.4 Å². The fourth-order valence-electron chi connectivity index (χ4n) is 3.06. The van der Waals surface area contributed by atoms with Crippen molar-refractivity contribution in [2.45, 2.75) is 13.0 Å². The molecule has 1 heterocycles. The topological polar surface area (TPSA) is 90.0 Å². The second kappa shape index (κ2) is 8.48. The fraction of sp³-hybridized carbons (Fsp3) is 0.238. The lowest BCUT2D eigenvalue weighted by atomic mass is 10.1. The first kappa shape index (κ1) is 20.6. The Balaban J connectivity index is 1.75. The van der Waals surface area contributed by atoms with E-state index in [4.69, 9.17) is 9.47 Å². The summed E-state index contributed by atoms with van der Waals surface area (Å²) < 4.78 is 34.0. The average Bonchev–Trinajstić information content (AvgIpc) is 3.06. The van der Waals surface area contributed by atoms with E-state index >= 15 is 0 Å². The van der Waals surface area contributed by atoms with Gasteiger partial charge in [0.25, 0.3) is 5.91 Å². The van der Waals surface area contributed by atoms with Gasteiger partial charge in [-0.3, -0.25) is 4.79 Å². The Kier molecular flexibility index (Phi) is 6.03. The molecule has 152 valence electrons. The lowest BCUT2D eigenvalue weighted by molar-refractivity contribution is -0.121. The molecule has 0 spiro atoms. The van der Waals surface area contributed by atoms with Crippen LogP contribution in [0.4, 0.5) is 5.69 Å². The number of methoxy groups -OCH3 is 1. The van der Waals surface area contributed by atoms with Crippen molar-refractivity contribution in [3.63, 3.8) is 0 Å². The number of benzene rings is 2. The van der Waals surface area contributed by atoms with Crippen molar-refractivity contribution in [2.75, 3.05) is 24.4 Å². The first-order valence-electron chi connectivity index (χ1n) is 8.90. The zero-order valence-electron chi connectivity index (χ0n) is 16.1. The summed E-state index contributed by atoms with van der Waals surface area (Å²) in [5.41, 5.74) is 1.65. The van der Waals surface area contributed by atoms with Crippen LogP contribution in [0.25, 0.3) is 0 Å². The van der Waals surface area contributed by atoms with Gasteiger partial charge in [-0.25, -0.2) is 13.2 Å². The third kappa shape index (κ3) is 4.83. The molecule has 0 N–H and O–H groups in total. The number of hydrogen-bond donors (Lipinski definition) is 0. The Labute approximate surface area is 169 Å². The Morgan fingerprint density at radius 2 is 1.86 bits per heavy atom. The highest BCUT2D eigenvalue weighted by Gasteiger charge is 2.31. The average molecular weight is 415 g/mol. The van der Waals surface area contributed by atoms with E-state index < -0.39 is 34.4 Å². The number of rotatable bonds is 6. The minimum absolute atomic E-state index is 0.212. The number of nitrogens with zero attached hydrogens (tertiary/aromatic N) is 1. The van der Waals surface area contributed by atoms with E-state index in [9.17, 15) is 18.0 Å². The SMILES string of the molecule is COc1cc(C(=O)OCC(=O)N(c2ccccc2)[C@@H]2C=CS(=O)(=O)C2)ccc1C. The number of esters is 1. The minimum Gasteiger partial charge on any atom is -0.496 e. The molecule has 1 aliphatic heterocycles. The van der Waals surface area contributed by atoms with Crippen molar-refractivity contribution in [1.29, 1.82) is 0 Å². The molecule has 0 bridgehead atoms. The Hall–Kier alpha value is -3.13. The largest absolute Gasteiger partial charge is 0.496 e. The number of amides is 1. The maximum atomic E-state index is 12.9. The van der Waals surface area contributed by atoms with Crippen LogP contribution in [0.15, 0.2) is 60.0 Å². The van der Waals surface area contributed by atoms with E-state index in [0.29, 0.717) is 11.4 Å². The number of carbonyl (C=O) groups is 2. The van der Waals surface area contributed by atoms with E-state index in [0.717, 1.165) is 11.0 Å². The first-order chi connectivity index (χ1) is 13.8. The molecule has 7 nitrogen and oxygen atoms in total. The standard InChI is InChI=1S/C21H21NO6S/c1-15-8-9-16(12-19(15)27-2)21(24)28-13-20(23)22(17-6-4-3-5-7-17)18-10-11-29(25,26)14-18/h3-12,18H,13-14H2,1-2H3/t18-/m1/s1. The molecule has 29 heavy (non-hydrogen) atoms. The predicted molar refractivity (Wildman–Crippen MR) is 109 cm³/mol. The van der Waals surface area contributed by atoms with Gasteiger partial charge >= 0.3 is 5.97 Å². The van der Waals surface area contributed by atoms with Crippen molar-refractivity contribution in [2.24, 2.45) is 0 Å². The van der Waals surface area contributed by atoms with Crippen LogP contribution in [0.5, 0.6) is 5.75 Å². The predicted octanol–water partition coefficient (Wildman–Crippen LogP) is 2.50. The highest BCUT2D eigenvalue weighted by molar-refractivity contribution is 7.94. The number of aryl methyl sites for hydroxylation is 1. The molecule has 2 aromatic rings. The molecule has 0 saturated carbocycles. The molecule has 0 unspecified atom stereocenters. The summed E-state index contributed by atoms with van der Waals surface area (Å²) in [6.07, 6.45) is 1.47. The highest BCUT2D eigenvalue weighted by atomic mass is 32.2. The minimum atomic E-state index is -3.36. The van der Waals surface area contributed by atoms with Gasteiger partial charge in [-0.2, -0.15) is 0 Å². The summed E-state index contributed by atoms with van der Waals surface area (Å²) in [6.45, 7) is 1.33. The summed E-state index contributed by atoms with van der Waals surface area (Å²) in [5, 5.41) is 1.10. The lowest BCUT2D eigenvalue weighted by Crippen LogP contribution is -2.43. The monoisotopic (exact) mass is 415 g/mol. The van der Waals surface area contributed by atoms with Gasteiger partial charge in [-0.05, 0) is 42.8 Å². The van der Waals surface area contributed by atoms with E-state index in [-0.39, 0.29) is 11.3 Å². The molecule has 0 fully saturated rings. The zero-order valence-corrected chi connectivity index (χ0v) is 16.9.